The Morgan fingerprint density at radius 3 is 2.28 bits per heavy atom. The Hall–Kier alpha value is -1.35. The molecule has 0 amide bonds. The molecule has 1 aromatic carbocycles. The molecule has 0 aliphatic carbocycles. The van der Waals surface area contributed by atoms with Crippen molar-refractivity contribution in [1.29, 1.82) is 0 Å². The van der Waals surface area contributed by atoms with Crippen LogP contribution in [-0.2, 0) is 20.9 Å². The molecular formula is C15H22O3. The van der Waals surface area contributed by atoms with Crippen LogP contribution >= 0.6 is 0 Å². The first kappa shape index (κ1) is 14.7. The summed E-state index contributed by atoms with van der Waals surface area (Å²) in [6.45, 7) is 6.47. The van der Waals surface area contributed by atoms with E-state index in [1.54, 1.807) is 0 Å². The van der Waals surface area contributed by atoms with Crippen LogP contribution in [0.5, 0.6) is 0 Å². The Labute approximate surface area is 109 Å². The maximum Gasteiger partial charge on any atom is 0.311 e. The molecular weight excluding hydrogens is 228 g/mol. The second-order valence-electron chi connectivity index (χ2n) is 4.82. The lowest BCUT2D eigenvalue weighted by molar-refractivity contribution is -0.152. The summed E-state index contributed by atoms with van der Waals surface area (Å²) in [5, 5.41) is 0. The third-order valence-electron chi connectivity index (χ3n) is 3.01. The van der Waals surface area contributed by atoms with Crippen LogP contribution < -0.4 is 0 Å². The van der Waals surface area contributed by atoms with Gasteiger partial charge in [-0.05, 0) is 18.4 Å². The topological polar surface area (TPSA) is 35.5 Å². The minimum absolute atomic E-state index is 0.127. The molecule has 0 saturated carbocycles. The molecule has 0 fully saturated rings. The van der Waals surface area contributed by atoms with Crippen molar-refractivity contribution in [2.24, 2.45) is 11.8 Å². The zero-order chi connectivity index (χ0) is 13.5. The predicted molar refractivity (Wildman–Crippen MR) is 71.0 cm³/mol. The number of methoxy groups -OCH3 is 1. The zero-order valence-corrected chi connectivity index (χ0v) is 11.6. The highest BCUT2D eigenvalue weighted by molar-refractivity contribution is 5.72. The van der Waals surface area contributed by atoms with Gasteiger partial charge in [0.25, 0.3) is 0 Å². The van der Waals surface area contributed by atoms with Crippen molar-refractivity contribution in [2.45, 2.75) is 33.5 Å². The van der Waals surface area contributed by atoms with Gasteiger partial charge in [-0.2, -0.15) is 0 Å². The molecule has 3 heteroatoms. The largest absolute Gasteiger partial charge is 0.469 e. The summed E-state index contributed by atoms with van der Waals surface area (Å²) in [5.41, 5.74) is 1.11. The molecule has 100 valence electrons. The van der Waals surface area contributed by atoms with Gasteiger partial charge in [0.05, 0.1) is 25.7 Å². The SMILES string of the molecule is COC(=O)[C@@H](C)[C@H](OCc1ccccc1)C(C)C. The summed E-state index contributed by atoms with van der Waals surface area (Å²) in [7, 11) is 1.41. The van der Waals surface area contributed by atoms with Crippen LogP contribution in [0.1, 0.15) is 26.3 Å². The van der Waals surface area contributed by atoms with Crippen molar-refractivity contribution in [3.8, 4) is 0 Å². The highest BCUT2D eigenvalue weighted by atomic mass is 16.5. The lowest BCUT2D eigenvalue weighted by Gasteiger charge is -2.26. The first-order valence-electron chi connectivity index (χ1n) is 6.29. The fourth-order valence-corrected chi connectivity index (χ4v) is 2.00. The summed E-state index contributed by atoms with van der Waals surface area (Å²) < 4.78 is 10.6. The third kappa shape index (κ3) is 4.15. The first-order chi connectivity index (χ1) is 8.56. The predicted octanol–water partition coefficient (Wildman–Crippen LogP) is 3.04. The quantitative estimate of drug-likeness (QED) is 0.728. The molecule has 2 atom stereocenters. The Morgan fingerprint density at radius 1 is 1.17 bits per heavy atom. The average Bonchev–Trinajstić information content (AvgIpc) is 2.38. The van der Waals surface area contributed by atoms with E-state index in [-0.39, 0.29) is 23.9 Å². The molecule has 0 saturated heterocycles. The van der Waals surface area contributed by atoms with E-state index in [1.165, 1.54) is 7.11 Å². The number of hydrogen-bond donors (Lipinski definition) is 0. The van der Waals surface area contributed by atoms with Crippen LogP contribution in [0.2, 0.25) is 0 Å². The van der Waals surface area contributed by atoms with Gasteiger partial charge in [-0.3, -0.25) is 4.79 Å². The first-order valence-corrected chi connectivity index (χ1v) is 6.29. The van der Waals surface area contributed by atoms with Crippen molar-refractivity contribution in [3.05, 3.63) is 35.9 Å². The number of ether oxygens (including phenoxy) is 2. The van der Waals surface area contributed by atoms with E-state index in [9.17, 15) is 4.79 Å². The van der Waals surface area contributed by atoms with Crippen molar-refractivity contribution in [2.75, 3.05) is 7.11 Å². The summed E-state index contributed by atoms with van der Waals surface area (Å²) in [4.78, 5) is 11.6. The van der Waals surface area contributed by atoms with Crippen LogP contribution in [0.3, 0.4) is 0 Å². The molecule has 3 nitrogen and oxygen atoms in total. The van der Waals surface area contributed by atoms with Crippen molar-refractivity contribution < 1.29 is 14.3 Å². The van der Waals surface area contributed by atoms with Crippen LogP contribution in [0.15, 0.2) is 30.3 Å². The lowest BCUT2D eigenvalue weighted by atomic mass is 9.94. The monoisotopic (exact) mass is 250 g/mol. The minimum Gasteiger partial charge on any atom is -0.469 e. The molecule has 0 aliphatic heterocycles. The van der Waals surface area contributed by atoms with E-state index in [1.807, 2.05) is 37.3 Å². The van der Waals surface area contributed by atoms with Gasteiger partial charge in [-0.1, -0.05) is 44.2 Å². The number of carbonyl (C=O) groups excluding carboxylic acids is 1. The molecule has 0 aliphatic rings. The van der Waals surface area contributed by atoms with Crippen LogP contribution in [0.25, 0.3) is 0 Å². The van der Waals surface area contributed by atoms with Gasteiger partial charge in [-0.25, -0.2) is 0 Å². The summed E-state index contributed by atoms with van der Waals surface area (Å²) in [6.07, 6.45) is -0.127. The maximum atomic E-state index is 11.6. The second-order valence-corrected chi connectivity index (χ2v) is 4.82. The molecule has 0 unspecified atom stereocenters. The number of carbonyl (C=O) groups is 1. The summed E-state index contributed by atoms with van der Waals surface area (Å²) in [5.74, 6) is -0.205. The zero-order valence-electron chi connectivity index (χ0n) is 11.6. The van der Waals surface area contributed by atoms with Gasteiger partial charge in [0.1, 0.15) is 0 Å². The fourth-order valence-electron chi connectivity index (χ4n) is 2.00. The molecule has 0 radical (unpaired) electrons. The van der Waals surface area contributed by atoms with Gasteiger partial charge in [0.2, 0.25) is 0 Å². The number of benzene rings is 1. The Morgan fingerprint density at radius 2 is 1.78 bits per heavy atom. The van der Waals surface area contributed by atoms with E-state index in [0.29, 0.717) is 6.61 Å². The van der Waals surface area contributed by atoms with Gasteiger partial charge >= 0.3 is 5.97 Å². The average molecular weight is 250 g/mol. The van der Waals surface area contributed by atoms with Gasteiger partial charge < -0.3 is 9.47 Å². The van der Waals surface area contributed by atoms with Crippen LogP contribution in [0.4, 0.5) is 0 Å². The maximum absolute atomic E-state index is 11.6. The normalized spacial score (nSPS) is 14.3. The fraction of sp³-hybridized carbons (Fsp3) is 0.533. The lowest BCUT2D eigenvalue weighted by Crippen LogP contribution is -2.33. The van der Waals surface area contributed by atoms with Crippen molar-refractivity contribution in [1.82, 2.24) is 0 Å². The van der Waals surface area contributed by atoms with Gasteiger partial charge in [0.15, 0.2) is 0 Å². The molecule has 0 aromatic heterocycles. The molecule has 0 N–H and O–H groups in total. The van der Waals surface area contributed by atoms with E-state index < -0.39 is 0 Å². The third-order valence-corrected chi connectivity index (χ3v) is 3.01. The highest BCUT2D eigenvalue weighted by Crippen LogP contribution is 2.19. The van der Waals surface area contributed by atoms with E-state index >= 15 is 0 Å². The van der Waals surface area contributed by atoms with Gasteiger partial charge in [-0.15, -0.1) is 0 Å². The van der Waals surface area contributed by atoms with Gasteiger partial charge in [0, 0.05) is 0 Å². The minimum atomic E-state index is -0.251. The molecule has 0 heterocycles. The van der Waals surface area contributed by atoms with Crippen LogP contribution in [0, 0.1) is 11.8 Å². The van der Waals surface area contributed by atoms with Crippen molar-refractivity contribution in [3.63, 3.8) is 0 Å². The molecule has 1 aromatic rings. The molecule has 0 spiro atoms. The molecule has 18 heavy (non-hydrogen) atoms. The number of rotatable bonds is 6. The van der Waals surface area contributed by atoms with Crippen LogP contribution in [-0.4, -0.2) is 19.2 Å². The van der Waals surface area contributed by atoms with E-state index in [2.05, 4.69) is 13.8 Å². The summed E-state index contributed by atoms with van der Waals surface area (Å²) >= 11 is 0. The molecule has 0 bridgehead atoms. The Kier molecular flexibility index (Phi) is 5.86. The van der Waals surface area contributed by atoms with E-state index in [0.717, 1.165) is 5.56 Å². The Bertz CT molecular complexity index is 359. The molecule has 1 rings (SSSR count). The van der Waals surface area contributed by atoms with E-state index in [4.69, 9.17) is 9.47 Å². The second kappa shape index (κ2) is 7.17. The number of esters is 1. The summed E-state index contributed by atoms with van der Waals surface area (Å²) in [6, 6.07) is 9.96. The standard InChI is InChI=1S/C15H22O3/c1-11(2)14(12(3)15(16)17-4)18-10-13-8-6-5-7-9-13/h5-9,11-12,14H,10H2,1-4H3/t12-,14+/m0/s1. The van der Waals surface area contributed by atoms with Crippen molar-refractivity contribution >= 4 is 5.97 Å². The number of hydrogen-bond acceptors (Lipinski definition) is 3. The highest BCUT2D eigenvalue weighted by Gasteiger charge is 2.28. The Balaban J connectivity index is 2.61. The smallest absolute Gasteiger partial charge is 0.311 e.